The molecule has 0 aromatic rings. The number of nitrogens with one attached hydrogen (secondary N) is 2. The lowest BCUT2D eigenvalue weighted by Crippen LogP contribution is -2.35. The van der Waals surface area contributed by atoms with E-state index in [0.717, 1.165) is 19.5 Å². The van der Waals surface area contributed by atoms with E-state index in [4.69, 9.17) is 5.11 Å². The number of hydrogen-bond donors (Lipinski definition) is 3. The molecule has 1 aliphatic carbocycles. The van der Waals surface area contributed by atoms with Gasteiger partial charge in [-0.25, -0.2) is 0 Å². The van der Waals surface area contributed by atoms with E-state index < -0.39 is 5.97 Å². The number of carbonyl (C=O) groups is 1. The predicted molar refractivity (Wildman–Crippen MR) is 53.1 cm³/mol. The van der Waals surface area contributed by atoms with Gasteiger partial charge in [-0.3, -0.25) is 4.79 Å². The van der Waals surface area contributed by atoms with Gasteiger partial charge in [0.2, 0.25) is 0 Å². The molecule has 2 unspecified atom stereocenters. The number of carboxylic acid groups (broad SMARTS) is 1. The molecule has 1 aliphatic heterocycles. The number of carboxylic acids is 1. The first kappa shape index (κ1) is 9.93. The molecule has 0 amide bonds. The number of rotatable bonds is 5. The van der Waals surface area contributed by atoms with Crippen molar-refractivity contribution in [2.24, 2.45) is 11.8 Å². The first-order chi connectivity index (χ1) is 6.77. The van der Waals surface area contributed by atoms with Crippen molar-refractivity contribution in [3.8, 4) is 0 Å². The molecule has 0 bridgehead atoms. The normalized spacial score (nSPS) is 29.0. The van der Waals surface area contributed by atoms with Gasteiger partial charge in [0.05, 0.1) is 5.92 Å². The summed E-state index contributed by atoms with van der Waals surface area (Å²) in [5.41, 5.74) is 0. The summed E-state index contributed by atoms with van der Waals surface area (Å²) in [4.78, 5) is 11.1. The van der Waals surface area contributed by atoms with Crippen molar-refractivity contribution in [2.75, 3.05) is 19.6 Å². The zero-order chi connectivity index (χ0) is 9.97. The van der Waals surface area contributed by atoms with Crippen LogP contribution in [-0.4, -0.2) is 36.8 Å². The van der Waals surface area contributed by atoms with Crippen LogP contribution in [0.3, 0.4) is 0 Å². The van der Waals surface area contributed by atoms with Crippen molar-refractivity contribution < 1.29 is 9.90 Å². The first-order valence-corrected chi connectivity index (χ1v) is 5.44. The Morgan fingerprint density at radius 1 is 1.50 bits per heavy atom. The third-order valence-corrected chi connectivity index (χ3v) is 3.19. The van der Waals surface area contributed by atoms with Crippen molar-refractivity contribution in [2.45, 2.75) is 25.3 Å². The molecule has 0 spiro atoms. The van der Waals surface area contributed by atoms with E-state index >= 15 is 0 Å². The fourth-order valence-electron chi connectivity index (χ4n) is 2.06. The van der Waals surface area contributed by atoms with E-state index in [-0.39, 0.29) is 5.92 Å². The molecule has 2 rings (SSSR count). The van der Waals surface area contributed by atoms with Crippen LogP contribution in [0.25, 0.3) is 0 Å². The van der Waals surface area contributed by atoms with Crippen LogP contribution in [0.5, 0.6) is 0 Å². The van der Waals surface area contributed by atoms with Crippen molar-refractivity contribution in [3.63, 3.8) is 0 Å². The zero-order valence-electron chi connectivity index (χ0n) is 8.33. The molecule has 0 aromatic carbocycles. The van der Waals surface area contributed by atoms with Crippen LogP contribution in [0.1, 0.15) is 19.3 Å². The lowest BCUT2D eigenvalue weighted by atomic mass is 9.91. The van der Waals surface area contributed by atoms with Crippen LogP contribution >= 0.6 is 0 Å². The Balaban J connectivity index is 1.81. The van der Waals surface area contributed by atoms with Crippen LogP contribution in [0.15, 0.2) is 0 Å². The standard InChI is InChI=1S/C10H18N2O2/c13-10(14)9(6-12-8-1-2-8)7-3-4-11-5-7/h7-9,11-12H,1-6H2,(H,13,14). The lowest BCUT2D eigenvalue weighted by molar-refractivity contribution is -0.143. The van der Waals surface area contributed by atoms with Crippen LogP contribution in [-0.2, 0) is 4.79 Å². The van der Waals surface area contributed by atoms with E-state index in [1.165, 1.54) is 12.8 Å². The van der Waals surface area contributed by atoms with Gasteiger partial charge >= 0.3 is 5.97 Å². The maximum Gasteiger partial charge on any atom is 0.308 e. The molecule has 2 aliphatic rings. The summed E-state index contributed by atoms with van der Waals surface area (Å²) in [6, 6.07) is 0.603. The van der Waals surface area contributed by atoms with Crippen LogP contribution in [0, 0.1) is 11.8 Å². The van der Waals surface area contributed by atoms with E-state index in [1.54, 1.807) is 0 Å². The molecule has 2 fully saturated rings. The summed E-state index contributed by atoms with van der Waals surface area (Å²) in [6.07, 6.45) is 3.44. The maximum absolute atomic E-state index is 11.1. The Hall–Kier alpha value is -0.610. The molecule has 3 N–H and O–H groups in total. The second kappa shape index (κ2) is 4.28. The molecule has 1 saturated carbocycles. The smallest absolute Gasteiger partial charge is 0.308 e. The zero-order valence-corrected chi connectivity index (χ0v) is 8.33. The monoisotopic (exact) mass is 198 g/mol. The summed E-state index contributed by atoms with van der Waals surface area (Å²) in [7, 11) is 0. The number of hydrogen-bond acceptors (Lipinski definition) is 3. The largest absolute Gasteiger partial charge is 0.481 e. The van der Waals surface area contributed by atoms with Gasteiger partial charge in [-0.2, -0.15) is 0 Å². The quantitative estimate of drug-likeness (QED) is 0.584. The summed E-state index contributed by atoms with van der Waals surface area (Å²) >= 11 is 0. The second-order valence-electron chi connectivity index (χ2n) is 4.38. The molecule has 2 atom stereocenters. The Morgan fingerprint density at radius 2 is 2.29 bits per heavy atom. The molecule has 0 radical (unpaired) electrons. The highest BCUT2D eigenvalue weighted by molar-refractivity contribution is 5.70. The third kappa shape index (κ3) is 2.45. The average molecular weight is 198 g/mol. The molecular weight excluding hydrogens is 180 g/mol. The van der Waals surface area contributed by atoms with Crippen LogP contribution < -0.4 is 10.6 Å². The van der Waals surface area contributed by atoms with Gasteiger partial charge in [0.1, 0.15) is 0 Å². The van der Waals surface area contributed by atoms with Gasteiger partial charge in [-0.15, -0.1) is 0 Å². The third-order valence-electron chi connectivity index (χ3n) is 3.19. The molecule has 0 aromatic heterocycles. The van der Waals surface area contributed by atoms with Crippen molar-refractivity contribution in [3.05, 3.63) is 0 Å². The minimum Gasteiger partial charge on any atom is -0.481 e. The summed E-state index contributed by atoms with van der Waals surface area (Å²) in [5.74, 6) is -0.531. The van der Waals surface area contributed by atoms with Gasteiger partial charge < -0.3 is 15.7 Å². The van der Waals surface area contributed by atoms with Crippen molar-refractivity contribution >= 4 is 5.97 Å². The highest BCUT2D eigenvalue weighted by Crippen LogP contribution is 2.22. The molecule has 80 valence electrons. The van der Waals surface area contributed by atoms with E-state index in [0.29, 0.717) is 18.5 Å². The predicted octanol–water partition coefficient (Wildman–Crippen LogP) is 0.0487. The lowest BCUT2D eigenvalue weighted by Gasteiger charge is -2.18. The summed E-state index contributed by atoms with van der Waals surface area (Å²) < 4.78 is 0. The fourth-order valence-corrected chi connectivity index (χ4v) is 2.06. The second-order valence-corrected chi connectivity index (χ2v) is 4.38. The maximum atomic E-state index is 11.1. The molecule has 1 saturated heterocycles. The van der Waals surface area contributed by atoms with Gasteiger partial charge in [0.15, 0.2) is 0 Å². The van der Waals surface area contributed by atoms with Crippen LogP contribution in [0.4, 0.5) is 0 Å². The molecular formula is C10H18N2O2. The Kier molecular flexibility index (Phi) is 3.03. The average Bonchev–Trinajstić information content (AvgIpc) is 2.80. The molecule has 14 heavy (non-hydrogen) atoms. The Labute approximate surface area is 84.1 Å². The minimum absolute atomic E-state index is 0.203. The summed E-state index contributed by atoms with van der Waals surface area (Å²) in [6.45, 7) is 2.48. The summed E-state index contributed by atoms with van der Waals surface area (Å²) in [5, 5.41) is 15.6. The van der Waals surface area contributed by atoms with Crippen molar-refractivity contribution in [1.82, 2.24) is 10.6 Å². The molecule has 1 heterocycles. The van der Waals surface area contributed by atoms with E-state index in [1.807, 2.05) is 0 Å². The highest BCUT2D eigenvalue weighted by Gasteiger charge is 2.32. The van der Waals surface area contributed by atoms with Crippen LogP contribution in [0.2, 0.25) is 0 Å². The van der Waals surface area contributed by atoms with Gasteiger partial charge in [0, 0.05) is 12.6 Å². The van der Waals surface area contributed by atoms with E-state index in [2.05, 4.69) is 10.6 Å². The topological polar surface area (TPSA) is 61.4 Å². The Morgan fingerprint density at radius 3 is 2.79 bits per heavy atom. The first-order valence-electron chi connectivity index (χ1n) is 5.44. The Bertz CT molecular complexity index is 210. The van der Waals surface area contributed by atoms with Gasteiger partial charge in [-0.1, -0.05) is 0 Å². The molecule has 4 heteroatoms. The number of aliphatic carboxylic acids is 1. The van der Waals surface area contributed by atoms with Gasteiger partial charge in [0.25, 0.3) is 0 Å². The van der Waals surface area contributed by atoms with Gasteiger partial charge in [-0.05, 0) is 38.3 Å². The fraction of sp³-hybridized carbons (Fsp3) is 0.900. The SMILES string of the molecule is O=C(O)C(CNC1CC1)C1CCNC1. The van der Waals surface area contributed by atoms with Crippen molar-refractivity contribution in [1.29, 1.82) is 0 Å². The highest BCUT2D eigenvalue weighted by atomic mass is 16.4. The minimum atomic E-state index is -0.646. The molecule has 4 nitrogen and oxygen atoms in total. The van der Waals surface area contributed by atoms with E-state index in [9.17, 15) is 4.79 Å².